The Kier molecular flexibility index (Phi) is 8.29. The first-order valence-electron chi connectivity index (χ1n) is 9.83. The van der Waals surface area contributed by atoms with Gasteiger partial charge >= 0.3 is 0 Å². The highest BCUT2D eigenvalue weighted by molar-refractivity contribution is 9.10. The maximum atomic E-state index is 13.0. The number of nitrogens with one attached hydrogen (secondary N) is 1. The lowest BCUT2D eigenvalue weighted by Gasteiger charge is -2.15. The van der Waals surface area contributed by atoms with E-state index in [1.54, 1.807) is 25.1 Å². The number of hydrogen-bond donors (Lipinski definition) is 1. The number of rotatable bonds is 9. The third-order valence-corrected chi connectivity index (χ3v) is 5.79. The van der Waals surface area contributed by atoms with Gasteiger partial charge in [-0.3, -0.25) is 19.3 Å². The smallest absolute Gasteiger partial charge is 0.293 e. The quantitative estimate of drug-likeness (QED) is 0.350. The Morgan fingerprint density at radius 2 is 1.97 bits per heavy atom. The molecular weight excluding hydrogens is 515 g/mol. The molecule has 3 rings (SSSR count). The molecule has 0 spiro atoms. The summed E-state index contributed by atoms with van der Waals surface area (Å²) in [5, 5.41) is 2.25. The van der Waals surface area contributed by atoms with E-state index in [1.165, 1.54) is 30.3 Å². The zero-order valence-corrected chi connectivity index (χ0v) is 20.0. The summed E-state index contributed by atoms with van der Waals surface area (Å²) in [7, 11) is 0. The van der Waals surface area contributed by atoms with Gasteiger partial charge in [0, 0.05) is 12.2 Å². The molecule has 0 aliphatic carbocycles. The monoisotopic (exact) mass is 534 g/mol. The van der Waals surface area contributed by atoms with Crippen LogP contribution in [0, 0.1) is 5.82 Å². The number of halogens is 2. The van der Waals surface area contributed by atoms with Crippen molar-refractivity contribution in [3.63, 3.8) is 0 Å². The van der Waals surface area contributed by atoms with Crippen molar-refractivity contribution in [2.24, 2.45) is 0 Å². The van der Waals surface area contributed by atoms with E-state index in [0.29, 0.717) is 33.8 Å². The summed E-state index contributed by atoms with van der Waals surface area (Å²) in [6.07, 6.45) is 3.08. The number of thioether (sulfide) groups is 1. The number of ether oxygens (including phenoxy) is 2. The highest BCUT2D eigenvalue weighted by Gasteiger charge is 2.34. The fraction of sp³-hybridized carbons (Fsp3) is 0.174. The van der Waals surface area contributed by atoms with E-state index in [2.05, 4.69) is 27.8 Å². The molecule has 1 N–H and O–H groups in total. The van der Waals surface area contributed by atoms with Gasteiger partial charge < -0.3 is 14.8 Å². The Hall–Kier alpha value is -3.11. The van der Waals surface area contributed by atoms with Gasteiger partial charge in [0.1, 0.15) is 5.82 Å². The molecule has 0 saturated carbocycles. The summed E-state index contributed by atoms with van der Waals surface area (Å²) in [6.45, 7) is 5.52. The Morgan fingerprint density at radius 3 is 2.64 bits per heavy atom. The van der Waals surface area contributed by atoms with Crippen molar-refractivity contribution in [2.75, 3.05) is 25.1 Å². The van der Waals surface area contributed by atoms with Crippen LogP contribution >= 0.6 is 27.7 Å². The molecule has 2 aromatic carbocycles. The van der Waals surface area contributed by atoms with Crippen molar-refractivity contribution in [3.8, 4) is 11.5 Å². The third kappa shape index (κ3) is 6.23. The number of carbonyl (C=O) groups is 3. The van der Waals surface area contributed by atoms with Crippen molar-refractivity contribution in [1.29, 1.82) is 0 Å². The number of anilines is 1. The van der Waals surface area contributed by atoms with E-state index < -0.39 is 17.6 Å². The second-order valence-corrected chi connectivity index (χ2v) is 8.54. The van der Waals surface area contributed by atoms with Gasteiger partial charge in [-0.05, 0) is 82.7 Å². The van der Waals surface area contributed by atoms with E-state index in [9.17, 15) is 18.8 Å². The van der Waals surface area contributed by atoms with Crippen LogP contribution in [-0.2, 0) is 9.59 Å². The lowest BCUT2D eigenvalue weighted by molar-refractivity contribution is -0.122. The van der Waals surface area contributed by atoms with Crippen LogP contribution in [0.2, 0.25) is 0 Å². The van der Waals surface area contributed by atoms with Crippen LogP contribution in [0.15, 0.2) is 58.4 Å². The van der Waals surface area contributed by atoms with Crippen molar-refractivity contribution >= 4 is 56.5 Å². The number of benzene rings is 2. The number of amides is 3. The highest BCUT2D eigenvalue weighted by Crippen LogP contribution is 2.39. The Labute approximate surface area is 202 Å². The van der Waals surface area contributed by atoms with E-state index in [0.717, 1.165) is 16.7 Å². The van der Waals surface area contributed by atoms with Gasteiger partial charge in [-0.1, -0.05) is 6.08 Å². The third-order valence-electron chi connectivity index (χ3n) is 4.29. The SMILES string of the molecule is C=CCN1C(=O)S/C(=C/c2cc(Br)c(OCC(=O)Nc3ccc(F)cc3)c(OCC)c2)C1=O. The first-order valence-corrected chi connectivity index (χ1v) is 11.4. The zero-order valence-electron chi connectivity index (χ0n) is 17.6. The fourth-order valence-electron chi connectivity index (χ4n) is 2.88. The van der Waals surface area contributed by atoms with Gasteiger partial charge in [0.2, 0.25) is 0 Å². The molecule has 0 radical (unpaired) electrons. The molecule has 2 aromatic rings. The van der Waals surface area contributed by atoms with Crippen LogP contribution in [0.25, 0.3) is 6.08 Å². The van der Waals surface area contributed by atoms with E-state index in [-0.39, 0.29) is 23.3 Å². The maximum absolute atomic E-state index is 13.0. The molecular formula is C23H20BrFN2O5S. The molecule has 3 amide bonds. The molecule has 172 valence electrons. The summed E-state index contributed by atoms with van der Waals surface area (Å²) in [5.41, 5.74) is 1.05. The van der Waals surface area contributed by atoms with E-state index >= 15 is 0 Å². The van der Waals surface area contributed by atoms with Crippen molar-refractivity contribution in [2.45, 2.75) is 6.92 Å². The largest absolute Gasteiger partial charge is 0.490 e. The number of carbonyl (C=O) groups excluding carboxylic acids is 3. The molecule has 0 bridgehead atoms. The lowest BCUT2D eigenvalue weighted by Crippen LogP contribution is -2.27. The summed E-state index contributed by atoms with van der Waals surface area (Å²) in [4.78, 5) is 38.1. The average molecular weight is 535 g/mol. The molecule has 0 unspecified atom stereocenters. The van der Waals surface area contributed by atoms with Crippen LogP contribution in [0.1, 0.15) is 12.5 Å². The number of hydrogen-bond acceptors (Lipinski definition) is 6. The molecule has 7 nitrogen and oxygen atoms in total. The Morgan fingerprint density at radius 1 is 1.24 bits per heavy atom. The molecule has 10 heteroatoms. The van der Waals surface area contributed by atoms with Crippen LogP contribution in [0.3, 0.4) is 0 Å². The van der Waals surface area contributed by atoms with E-state index in [4.69, 9.17) is 9.47 Å². The van der Waals surface area contributed by atoms with Gasteiger partial charge in [-0.25, -0.2) is 4.39 Å². The first-order chi connectivity index (χ1) is 15.8. The van der Waals surface area contributed by atoms with Crippen molar-refractivity contribution in [3.05, 3.63) is 69.8 Å². The maximum Gasteiger partial charge on any atom is 0.293 e. The van der Waals surface area contributed by atoms with Crippen LogP contribution in [-0.4, -0.2) is 41.7 Å². The summed E-state index contributed by atoms with van der Waals surface area (Å²) in [6, 6.07) is 8.72. The second-order valence-electron chi connectivity index (χ2n) is 6.69. The minimum Gasteiger partial charge on any atom is -0.490 e. The van der Waals surface area contributed by atoms with Crippen molar-refractivity contribution in [1.82, 2.24) is 4.90 Å². The molecule has 1 fully saturated rings. The van der Waals surface area contributed by atoms with E-state index in [1.807, 2.05) is 0 Å². The molecule has 1 aliphatic heterocycles. The molecule has 33 heavy (non-hydrogen) atoms. The van der Waals surface area contributed by atoms with Crippen molar-refractivity contribution < 1.29 is 28.2 Å². The van der Waals surface area contributed by atoms with Crippen LogP contribution < -0.4 is 14.8 Å². The second kappa shape index (κ2) is 11.2. The zero-order chi connectivity index (χ0) is 24.0. The minimum atomic E-state index is -0.434. The van der Waals surface area contributed by atoms with Gasteiger partial charge in [-0.2, -0.15) is 0 Å². The number of imide groups is 1. The average Bonchev–Trinajstić information content (AvgIpc) is 3.02. The minimum absolute atomic E-state index is 0.142. The molecule has 0 atom stereocenters. The normalized spacial score (nSPS) is 14.5. The summed E-state index contributed by atoms with van der Waals surface area (Å²) < 4.78 is 24.8. The predicted octanol–water partition coefficient (Wildman–Crippen LogP) is 5.23. The van der Waals surface area contributed by atoms with Crippen LogP contribution in [0.5, 0.6) is 11.5 Å². The molecule has 0 aromatic heterocycles. The van der Waals surface area contributed by atoms with Gasteiger partial charge in [0.05, 0.1) is 16.0 Å². The summed E-state index contributed by atoms with van der Waals surface area (Å²) in [5.74, 6) is -0.561. The van der Waals surface area contributed by atoms with Gasteiger partial charge in [-0.15, -0.1) is 6.58 Å². The lowest BCUT2D eigenvalue weighted by atomic mass is 10.2. The fourth-order valence-corrected chi connectivity index (χ4v) is 4.30. The molecule has 1 heterocycles. The molecule has 1 aliphatic rings. The van der Waals surface area contributed by atoms with Crippen LogP contribution in [0.4, 0.5) is 14.9 Å². The predicted molar refractivity (Wildman–Crippen MR) is 129 cm³/mol. The van der Waals surface area contributed by atoms with Gasteiger partial charge in [0.15, 0.2) is 18.1 Å². The first kappa shape index (κ1) is 24.5. The highest BCUT2D eigenvalue weighted by atomic mass is 79.9. The topological polar surface area (TPSA) is 84.9 Å². The van der Waals surface area contributed by atoms with Gasteiger partial charge in [0.25, 0.3) is 17.1 Å². The Balaban J connectivity index is 1.76. The Bertz CT molecular complexity index is 1120. The number of nitrogens with zero attached hydrogens (tertiary/aromatic N) is 1. The summed E-state index contributed by atoms with van der Waals surface area (Å²) >= 11 is 4.26. The standard InChI is InChI=1S/C23H20BrFN2O5S/c1-3-9-27-22(29)19(33-23(27)30)12-14-10-17(24)21(18(11-14)31-4-2)32-13-20(28)26-16-7-5-15(25)6-8-16/h3,5-8,10-12H,1,4,9,13H2,2H3,(H,26,28)/b19-12+. The molecule has 1 saturated heterocycles.